The van der Waals surface area contributed by atoms with E-state index in [-0.39, 0.29) is 0 Å². The molecule has 6 aliphatic rings. The monoisotopic (exact) mass is 270 g/mol. The van der Waals surface area contributed by atoms with Gasteiger partial charge in [0.15, 0.2) is 0 Å². The molecule has 0 heteroatoms. The van der Waals surface area contributed by atoms with Crippen LogP contribution in [0.25, 0.3) is 0 Å². The van der Waals surface area contributed by atoms with Crippen LogP contribution < -0.4 is 0 Å². The van der Waals surface area contributed by atoms with Crippen molar-refractivity contribution in [1.29, 1.82) is 0 Å². The summed E-state index contributed by atoms with van der Waals surface area (Å²) in [5.41, 5.74) is 0. The summed E-state index contributed by atoms with van der Waals surface area (Å²) in [7, 11) is 0. The third kappa shape index (κ3) is 1.27. The molecule has 0 saturated heterocycles. The van der Waals surface area contributed by atoms with Crippen molar-refractivity contribution in [3.8, 4) is 0 Å². The Kier molecular flexibility index (Phi) is 2.22. The van der Waals surface area contributed by atoms with Gasteiger partial charge in [-0.05, 0) is 123 Å². The fourth-order valence-electron chi connectivity index (χ4n) is 9.25. The first kappa shape index (κ1) is 11.6. The molecule has 0 aliphatic heterocycles. The summed E-state index contributed by atoms with van der Waals surface area (Å²) in [5.74, 6) is 12.0. The Labute approximate surface area is 124 Å². The van der Waals surface area contributed by atoms with Crippen LogP contribution in [0.2, 0.25) is 0 Å². The lowest BCUT2D eigenvalue weighted by atomic mass is 9.75. The van der Waals surface area contributed by atoms with E-state index in [0.717, 1.165) is 0 Å². The SMILES string of the molecule is C1C[C@H]2C[C@H]([C@@H]3C[C@H]4CC[C@@H]5CC[C@@H]3[C@@H]54)[C@@H]3CC[C@@H]1[C@H]23. The predicted octanol–water partition coefficient (Wildman–Crippen LogP) is 5.13. The van der Waals surface area contributed by atoms with E-state index in [4.69, 9.17) is 0 Å². The standard InChI is InChI=1S/C20H30/c1-3-13-9-17(15-7-5-11(1)19(13)15)18-10-14-4-2-12-6-8-16(18)20(12)14/h11-20H,1-10H2/t11-,12-,13-,14+,15+,16+,17-,18+,19+,20-/m1/s1. The van der Waals surface area contributed by atoms with Crippen molar-refractivity contribution < 1.29 is 0 Å². The van der Waals surface area contributed by atoms with E-state index in [1.54, 1.807) is 64.2 Å². The molecule has 0 nitrogen and oxygen atoms in total. The largest absolute Gasteiger partial charge is 0.0499 e. The molecule has 0 N–H and O–H groups in total. The van der Waals surface area contributed by atoms with Crippen LogP contribution in [0.15, 0.2) is 0 Å². The molecule has 0 aromatic rings. The van der Waals surface area contributed by atoms with Gasteiger partial charge in [0.2, 0.25) is 0 Å². The lowest BCUT2D eigenvalue weighted by Crippen LogP contribution is -2.24. The van der Waals surface area contributed by atoms with Crippen LogP contribution >= 0.6 is 0 Å². The summed E-state index contributed by atoms with van der Waals surface area (Å²) in [6, 6.07) is 0. The van der Waals surface area contributed by atoms with Gasteiger partial charge in [-0.1, -0.05) is 0 Å². The first-order chi connectivity index (χ1) is 9.90. The molecule has 0 spiro atoms. The molecule has 6 fully saturated rings. The highest BCUT2D eigenvalue weighted by atomic mass is 14.7. The molecule has 0 unspecified atom stereocenters. The summed E-state index contributed by atoms with van der Waals surface area (Å²) < 4.78 is 0. The summed E-state index contributed by atoms with van der Waals surface area (Å²) in [4.78, 5) is 0. The van der Waals surface area contributed by atoms with E-state index in [9.17, 15) is 0 Å². The Morgan fingerprint density at radius 2 is 0.750 bits per heavy atom. The molecule has 0 bridgehead atoms. The second-order valence-corrected chi connectivity index (χ2v) is 9.63. The zero-order valence-corrected chi connectivity index (χ0v) is 12.8. The van der Waals surface area contributed by atoms with Crippen LogP contribution in [-0.2, 0) is 0 Å². The third-order valence-corrected chi connectivity index (χ3v) is 9.52. The Morgan fingerprint density at radius 3 is 1.25 bits per heavy atom. The third-order valence-electron chi connectivity index (χ3n) is 9.52. The molecular weight excluding hydrogens is 240 g/mol. The minimum atomic E-state index is 1.19. The summed E-state index contributed by atoms with van der Waals surface area (Å²) in [6.07, 6.45) is 16.3. The van der Waals surface area contributed by atoms with Gasteiger partial charge in [-0.15, -0.1) is 0 Å². The average Bonchev–Trinajstić information content (AvgIpc) is 3.18. The lowest BCUT2D eigenvalue weighted by Gasteiger charge is -2.30. The molecule has 0 amide bonds. The van der Waals surface area contributed by atoms with Gasteiger partial charge in [0.1, 0.15) is 0 Å². The van der Waals surface area contributed by atoms with Crippen LogP contribution in [0, 0.1) is 59.2 Å². The maximum atomic E-state index is 1.68. The van der Waals surface area contributed by atoms with Gasteiger partial charge < -0.3 is 0 Å². The quantitative estimate of drug-likeness (QED) is 0.619. The number of rotatable bonds is 1. The Morgan fingerprint density at radius 1 is 0.350 bits per heavy atom. The Hall–Kier alpha value is 0. The summed E-state index contributed by atoms with van der Waals surface area (Å²) in [5, 5.41) is 0. The average molecular weight is 270 g/mol. The van der Waals surface area contributed by atoms with Crippen LogP contribution in [-0.4, -0.2) is 0 Å². The van der Waals surface area contributed by atoms with Gasteiger partial charge >= 0.3 is 0 Å². The highest BCUT2D eigenvalue weighted by Crippen LogP contribution is 2.68. The predicted molar refractivity (Wildman–Crippen MR) is 81.1 cm³/mol. The lowest BCUT2D eigenvalue weighted by molar-refractivity contribution is 0.182. The minimum absolute atomic E-state index is 1.19. The van der Waals surface area contributed by atoms with E-state index >= 15 is 0 Å². The molecule has 20 heavy (non-hydrogen) atoms. The fraction of sp³-hybridized carbons (Fsp3) is 1.00. The van der Waals surface area contributed by atoms with Gasteiger partial charge in [-0.3, -0.25) is 0 Å². The number of hydrogen-bond donors (Lipinski definition) is 0. The van der Waals surface area contributed by atoms with Gasteiger partial charge in [0, 0.05) is 0 Å². The normalized spacial score (nSPS) is 66.0. The summed E-state index contributed by atoms with van der Waals surface area (Å²) >= 11 is 0. The van der Waals surface area contributed by atoms with E-state index in [1.807, 2.05) is 0 Å². The molecule has 6 aliphatic carbocycles. The number of hydrogen-bond acceptors (Lipinski definition) is 0. The van der Waals surface area contributed by atoms with Crippen molar-refractivity contribution in [3.63, 3.8) is 0 Å². The van der Waals surface area contributed by atoms with Gasteiger partial charge in [-0.25, -0.2) is 0 Å². The second-order valence-electron chi connectivity index (χ2n) is 9.63. The van der Waals surface area contributed by atoms with Crippen LogP contribution in [0.3, 0.4) is 0 Å². The maximum absolute atomic E-state index is 1.68. The van der Waals surface area contributed by atoms with Crippen molar-refractivity contribution in [2.45, 2.75) is 64.2 Å². The topological polar surface area (TPSA) is 0 Å². The van der Waals surface area contributed by atoms with Gasteiger partial charge in [0.05, 0.1) is 0 Å². The van der Waals surface area contributed by atoms with Crippen LogP contribution in [0.1, 0.15) is 64.2 Å². The highest BCUT2D eigenvalue weighted by molar-refractivity contribution is 5.09. The molecular formula is C20H30. The fourth-order valence-corrected chi connectivity index (χ4v) is 9.25. The zero-order chi connectivity index (χ0) is 12.8. The first-order valence-electron chi connectivity index (χ1n) is 9.90. The smallest absolute Gasteiger partial charge is 0.0326 e. The Bertz CT molecular complexity index is 386. The molecule has 6 saturated carbocycles. The highest BCUT2D eigenvalue weighted by Gasteiger charge is 2.60. The van der Waals surface area contributed by atoms with Crippen molar-refractivity contribution >= 4 is 0 Å². The molecule has 6 rings (SSSR count). The minimum Gasteiger partial charge on any atom is -0.0499 e. The first-order valence-corrected chi connectivity index (χ1v) is 9.90. The Balaban J connectivity index is 1.31. The van der Waals surface area contributed by atoms with E-state index in [2.05, 4.69) is 0 Å². The van der Waals surface area contributed by atoms with Crippen LogP contribution in [0.5, 0.6) is 0 Å². The van der Waals surface area contributed by atoms with Gasteiger partial charge in [-0.2, -0.15) is 0 Å². The zero-order valence-electron chi connectivity index (χ0n) is 12.8. The molecule has 110 valence electrons. The van der Waals surface area contributed by atoms with E-state index < -0.39 is 0 Å². The summed E-state index contributed by atoms with van der Waals surface area (Å²) in [6.45, 7) is 0. The van der Waals surface area contributed by atoms with Crippen molar-refractivity contribution in [2.24, 2.45) is 59.2 Å². The molecule has 0 aromatic heterocycles. The van der Waals surface area contributed by atoms with Crippen molar-refractivity contribution in [1.82, 2.24) is 0 Å². The van der Waals surface area contributed by atoms with Crippen LogP contribution in [0.4, 0.5) is 0 Å². The molecule has 0 radical (unpaired) electrons. The molecule has 10 atom stereocenters. The molecule has 0 aromatic carbocycles. The second kappa shape index (κ2) is 3.85. The van der Waals surface area contributed by atoms with E-state index in [0.29, 0.717) is 0 Å². The van der Waals surface area contributed by atoms with Crippen molar-refractivity contribution in [3.05, 3.63) is 0 Å². The van der Waals surface area contributed by atoms with E-state index in [1.165, 1.54) is 59.2 Å². The van der Waals surface area contributed by atoms with Gasteiger partial charge in [0.25, 0.3) is 0 Å². The maximum Gasteiger partial charge on any atom is -0.0326 e. The molecule has 0 heterocycles. The van der Waals surface area contributed by atoms with Crippen molar-refractivity contribution in [2.75, 3.05) is 0 Å².